The maximum Gasteiger partial charge on any atom is 0.416 e. The highest BCUT2D eigenvalue weighted by molar-refractivity contribution is 5.83. The molecule has 40 heavy (non-hydrogen) atoms. The summed E-state index contributed by atoms with van der Waals surface area (Å²) in [5, 5.41) is 3.06. The van der Waals surface area contributed by atoms with E-state index in [1.807, 2.05) is 31.5 Å². The Morgan fingerprint density at radius 2 is 1.75 bits per heavy atom. The van der Waals surface area contributed by atoms with E-state index in [9.17, 15) is 18.0 Å². The number of fused-ring (bicyclic) bond motifs is 1. The number of Topliss-reactive ketones (excluding diaryl/α,β-unsaturated/α-hetero) is 1. The predicted octanol–water partition coefficient (Wildman–Crippen LogP) is 5.74. The summed E-state index contributed by atoms with van der Waals surface area (Å²) in [6, 6.07) is 13.7. The molecule has 1 aliphatic heterocycles. The summed E-state index contributed by atoms with van der Waals surface area (Å²) in [5.74, 6) is 1.64. The number of hydrogen-bond donors (Lipinski definition) is 1. The molecule has 2 atom stereocenters. The van der Waals surface area contributed by atoms with Gasteiger partial charge in [0, 0.05) is 44.2 Å². The van der Waals surface area contributed by atoms with E-state index in [-0.39, 0.29) is 24.4 Å². The Hall–Kier alpha value is -3.96. The number of carbonyl (C=O) groups excluding carboxylic acids is 1. The lowest BCUT2D eigenvalue weighted by Crippen LogP contribution is -2.47. The molecule has 1 fully saturated rings. The summed E-state index contributed by atoms with van der Waals surface area (Å²) in [4.78, 5) is 23.7. The molecule has 5 rings (SSSR count). The summed E-state index contributed by atoms with van der Waals surface area (Å²) in [6.45, 7) is 5.82. The van der Waals surface area contributed by atoms with Gasteiger partial charge in [-0.3, -0.25) is 14.7 Å². The largest absolute Gasteiger partial charge is 0.457 e. The van der Waals surface area contributed by atoms with Crippen molar-refractivity contribution in [1.29, 1.82) is 0 Å². The predicted molar refractivity (Wildman–Crippen MR) is 145 cm³/mol. The molecule has 2 aromatic heterocycles. The minimum Gasteiger partial charge on any atom is -0.457 e. The number of ether oxygens (including phenoxy) is 2. The highest BCUT2D eigenvalue weighted by Gasteiger charge is 2.30. The lowest BCUT2D eigenvalue weighted by Gasteiger charge is -2.34. The number of imidazole rings is 1. The Bertz CT molecular complexity index is 1490. The van der Waals surface area contributed by atoms with Crippen molar-refractivity contribution in [3.8, 4) is 11.5 Å². The molecular formula is C29H30F3N5O3. The number of hydrogen-bond acceptors (Lipinski definition) is 7. The van der Waals surface area contributed by atoms with Gasteiger partial charge in [0.1, 0.15) is 11.5 Å². The number of halogens is 3. The molecule has 4 aromatic rings. The quantitative estimate of drug-likeness (QED) is 0.298. The number of nitrogens with one attached hydrogen (secondary N) is 1. The third-order valence-electron chi connectivity index (χ3n) is 6.62. The number of carbonyl (C=O) groups is 1. The molecule has 1 N–H and O–H groups in total. The van der Waals surface area contributed by atoms with Crippen molar-refractivity contribution in [2.24, 2.45) is 7.05 Å². The maximum atomic E-state index is 12.9. The van der Waals surface area contributed by atoms with Crippen molar-refractivity contribution in [3.05, 3.63) is 72.1 Å². The molecule has 11 heteroatoms. The van der Waals surface area contributed by atoms with Gasteiger partial charge in [0.15, 0.2) is 5.78 Å². The molecule has 1 aliphatic rings. The van der Waals surface area contributed by atoms with Crippen molar-refractivity contribution in [3.63, 3.8) is 0 Å². The smallest absolute Gasteiger partial charge is 0.416 e. The third kappa shape index (κ3) is 6.60. The summed E-state index contributed by atoms with van der Waals surface area (Å²) in [6.07, 6.45) is -2.38. The van der Waals surface area contributed by atoms with Crippen LogP contribution in [0, 0.1) is 0 Å². The SMILES string of the molecule is C[C@@H]1CN(CC(=O)Cc2cc(Oc3ccc4c(c3)nc(Nc3ccc(C(F)(F)F)cc3)n4C)ccn2)C[C@H](C)O1. The molecule has 0 spiro atoms. The zero-order valence-electron chi connectivity index (χ0n) is 22.4. The molecule has 0 aliphatic carbocycles. The van der Waals surface area contributed by atoms with E-state index in [4.69, 9.17) is 9.47 Å². The Labute approximate surface area is 229 Å². The minimum absolute atomic E-state index is 0.0777. The number of pyridine rings is 1. The van der Waals surface area contributed by atoms with E-state index in [2.05, 4.69) is 20.2 Å². The highest BCUT2D eigenvalue weighted by atomic mass is 19.4. The van der Waals surface area contributed by atoms with E-state index in [1.165, 1.54) is 12.1 Å². The minimum atomic E-state index is -4.39. The van der Waals surface area contributed by atoms with Crippen LogP contribution in [0.5, 0.6) is 11.5 Å². The number of nitrogens with zero attached hydrogens (tertiary/aromatic N) is 4. The monoisotopic (exact) mass is 553 g/mol. The van der Waals surface area contributed by atoms with Crippen LogP contribution in [0.2, 0.25) is 0 Å². The average molecular weight is 554 g/mol. The average Bonchev–Trinajstić information content (AvgIpc) is 3.17. The maximum absolute atomic E-state index is 12.9. The van der Waals surface area contributed by atoms with Crippen molar-refractivity contribution < 1.29 is 27.4 Å². The van der Waals surface area contributed by atoms with Gasteiger partial charge < -0.3 is 19.4 Å². The van der Waals surface area contributed by atoms with Crippen LogP contribution in [-0.4, -0.2) is 57.1 Å². The van der Waals surface area contributed by atoms with Crippen molar-refractivity contribution >= 4 is 28.5 Å². The third-order valence-corrected chi connectivity index (χ3v) is 6.62. The van der Waals surface area contributed by atoms with Crippen LogP contribution in [0.25, 0.3) is 11.0 Å². The topological polar surface area (TPSA) is 81.5 Å². The molecule has 0 unspecified atom stereocenters. The molecule has 0 amide bonds. The fourth-order valence-electron chi connectivity index (χ4n) is 4.90. The number of aryl methyl sites for hydroxylation is 1. The molecule has 1 saturated heterocycles. The van der Waals surface area contributed by atoms with E-state index in [1.54, 1.807) is 30.5 Å². The first-order valence-electron chi connectivity index (χ1n) is 13.0. The van der Waals surface area contributed by atoms with Crippen LogP contribution in [0.3, 0.4) is 0 Å². The van der Waals surface area contributed by atoms with Crippen LogP contribution in [0.15, 0.2) is 60.8 Å². The van der Waals surface area contributed by atoms with E-state index in [0.29, 0.717) is 40.9 Å². The number of benzene rings is 2. The van der Waals surface area contributed by atoms with Gasteiger partial charge in [0.05, 0.1) is 47.5 Å². The molecule has 0 saturated carbocycles. The van der Waals surface area contributed by atoms with Crippen molar-refractivity contribution in [2.75, 3.05) is 25.0 Å². The fraction of sp³-hybridized carbons (Fsp3) is 0.345. The molecule has 3 heterocycles. The zero-order chi connectivity index (χ0) is 28.4. The Morgan fingerprint density at radius 3 is 2.45 bits per heavy atom. The molecular weight excluding hydrogens is 523 g/mol. The van der Waals surface area contributed by atoms with E-state index < -0.39 is 11.7 Å². The van der Waals surface area contributed by atoms with Gasteiger partial charge in [-0.05, 0) is 56.3 Å². The van der Waals surface area contributed by atoms with Gasteiger partial charge in [-0.1, -0.05) is 0 Å². The van der Waals surface area contributed by atoms with Crippen LogP contribution in [0.4, 0.5) is 24.8 Å². The number of alkyl halides is 3. The first-order chi connectivity index (χ1) is 19.0. The first kappa shape index (κ1) is 27.6. The van der Waals surface area contributed by atoms with Crippen molar-refractivity contribution in [1.82, 2.24) is 19.4 Å². The Balaban J connectivity index is 1.24. The summed E-state index contributed by atoms with van der Waals surface area (Å²) < 4.78 is 52.2. The fourth-order valence-corrected chi connectivity index (χ4v) is 4.90. The number of aromatic nitrogens is 3. The van der Waals surface area contributed by atoms with E-state index >= 15 is 0 Å². The van der Waals surface area contributed by atoms with Crippen LogP contribution in [-0.2, 0) is 29.2 Å². The van der Waals surface area contributed by atoms with Gasteiger partial charge in [-0.2, -0.15) is 13.2 Å². The van der Waals surface area contributed by atoms with E-state index in [0.717, 1.165) is 30.7 Å². The standard InChI is InChI=1S/C29H30F3N5O3/c1-18-15-37(16-19(2)39-18)17-23(38)12-22-13-25(10-11-33-22)40-24-8-9-27-26(14-24)35-28(36(27)3)34-21-6-4-20(5-7-21)29(30,31)32/h4-11,13-14,18-19H,12,15-17H2,1-3H3,(H,34,35)/t18-,19+. The second-order valence-corrected chi connectivity index (χ2v) is 10.1. The number of anilines is 2. The second-order valence-electron chi connectivity index (χ2n) is 10.1. The number of rotatable bonds is 8. The van der Waals surface area contributed by atoms with Crippen LogP contribution < -0.4 is 10.1 Å². The lowest BCUT2D eigenvalue weighted by molar-refractivity contribution is -0.137. The molecule has 2 aromatic carbocycles. The first-order valence-corrected chi connectivity index (χ1v) is 13.0. The Morgan fingerprint density at radius 1 is 1.05 bits per heavy atom. The summed E-state index contributed by atoms with van der Waals surface area (Å²) in [5.41, 5.74) is 1.86. The van der Waals surface area contributed by atoms with Crippen LogP contribution >= 0.6 is 0 Å². The van der Waals surface area contributed by atoms with Gasteiger partial charge in [0.2, 0.25) is 5.95 Å². The van der Waals surface area contributed by atoms with Gasteiger partial charge in [-0.25, -0.2) is 4.98 Å². The van der Waals surface area contributed by atoms with Crippen molar-refractivity contribution in [2.45, 2.75) is 38.7 Å². The summed E-state index contributed by atoms with van der Waals surface area (Å²) >= 11 is 0. The van der Waals surface area contributed by atoms with Gasteiger partial charge in [0.25, 0.3) is 0 Å². The number of ketones is 1. The molecule has 8 nitrogen and oxygen atoms in total. The van der Waals surface area contributed by atoms with Crippen LogP contribution in [0.1, 0.15) is 25.1 Å². The zero-order valence-corrected chi connectivity index (χ0v) is 22.4. The molecule has 0 radical (unpaired) electrons. The molecule has 0 bridgehead atoms. The highest BCUT2D eigenvalue weighted by Crippen LogP contribution is 2.31. The van der Waals surface area contributed by atoms with Gasteiger partial charge in [-0.15, -0.1) is 0 Å². The normalized spacial score (nSPS) is 18.1. The lowest BCUT2D eigenvalue weighted by atomic mass is 10.1. The van der Waals surface area contributed by atoms with Gasteiger partial charge >= 0.3 is 6.18 Å². The molecule has 210 valence electrons. The summed E-state index contributed by atoms with van der Waals surface area (Å²) in [7, 11) is 1.81. The Kier molecular flexibility index (Phi) is 7.77. The second kappa shape index (κ2) is 11.3. The number of morpholine rings is 1.